The number of phenols is 1. The quantitative estimate of drug-likeness (QED) is 0.529. The van der Waals surface area contributed by atoms with Gasteiger partial charge in [0, 0.05) is 4.47 Å². The first kappa shape index (κ1) is 16.2. The topological polar surface area (TPSA) is 61.7 Å². The first-order chi connectivity index (χ1) is 11.6. The van der Waals surface area contributed by atoms with E-state index in [0.29, 0.717) is 0 Å². The molecule has 0 atom stereocenters. The number of phenolic OH excluding ortho intramolecular Hbond substituents is 1. The molecule has 0 aliphatic rings. The lowest BCUT2D eigenvalue weighted by atomic mass is 10.0. The zero-order valence-corrected chi connectivity index (χ0v) is 14.3. The van der Waals surface area contributed by atoms with Crippen molar-refractivity contribution in [1.82, 2.24) is 5.43 Å². The van der Waals surface area contributed by atoms with Gasteiger partial charge < -0.3 is 5.11 Å². The lowest BCUT2D eigenvalue weighted by molar-refractivity contribution is -0.120. The maximum Gasteiger partial charge on any atom is 0.244 e. The number of hydrogen-bond acceptors (Lipinski definition) is 3. The van der Waals surface area contributed by atoms with E-state index in [1.54, 1.807) is 24.3 Å². The molecule has 5 heteroatoms. The van der Waals surface area contributed by atoms with Crippen LogP contribution in [-0.4, -0.2) is 17.2 Å². The Labute approximate surface area is 148 Å². The van der Waals surface area contributed by atoms with E-state index < -0.39 is 0 Å². The van der Waals surface area contributed by atoms with E-state index in [1.165, 1.54) is 6.21 Å². The molecule has 0 unspecified atom stereocenters. The summed E-state index contributed by atoms with van der Waals surface area (Å²) in [6.07, 6.45) is 1.79. The van der Waals surface area contributed by atoms with E-state index in [0.717, 1.165) is 26.4 Å². The van der Waals surface area contributed by atoms with Crippen molar-refractivity contribution < 1.29 is 9.90 Å². The standard InChI is InChI=1S/C19H15BrN2O2/c20-18-10-7-14(16-3-1-2-4-17(16)18)11-19(24)22-21-12-13-5-8-15(23)9-6-13/h1-10,12,23H,11H2,(H,22,24)/b21-12+. The molecule has 0 aliphatic heterocycles. The molecule has 0 heterocycles. The Hall–Kier alpha value is -2.66. The van der Waals surface area contributed by atoms with Gasteiger partial charge in [-0.15, -0.1) is 0 Å². The first-order valence-corrected chi connectivity index (χ1v) is 8.20. The van der Waals surface area contributed by atoms with Crippen molar-refractivity contribution in [3.8, 4) is 5.75 Å². The summed E-state index contributed by atoms with van der Waals surface area (Å²) < 4.78 is 1.01. The molecule has 120 valence electrons. The van der Waals surface area contributed by atoms with Crippen LogP contribution in [0.4, 0.5) is 0 Å². The second-order valence-corrected chi connectivity index (χ2v) is 6.17. The second-order valence-electron chi connectivity index (χ2n) is 5.31. The number of nitrogens with one attached hydrogen (secondary N) is 1. The summed E-state index contributed by atoms with van der Waals surface area (Å²) in [4.78, 5) is 12.1. The molecule has 1 amide bonds. The number of aromatic hydroxyl groups is 1. The van der Waals surface area contributed by atoms with Gasteiger partial charge in [-0.25, -0.2) is 5.43 Å². The molecular weight excluding hydrogens is 368 g/mol. The predicted octanol–water partition coefficient (Wildman–Crippen LogP) is 4.00. The zero-order chi connectivity index (χ0) is 16.9. The highest BCUT2D eigenvalue weighted by molar-refractivity contribution is 9.10. The molecular formula is C19H15BrN2O2. The van der Waals surface area contributed by atoms with Gasteiger partial charge in [0.05, 0.1) is 12.6 Å². The normalized spacial score (nSPS) is 11.0. The Morgan fingerprint density at radius 2 is 1.75 bits per heavy atom. The van der Waals surface area contributed by atoms with Crippen LogP contribution in [-0.2, 0) is 11.2 Å². The molecule has 0 saturated heterocycles. The van der Waals surface area contributed by atoms with Crippen LogP contribution in [0.3, 0.4) is 0 Å². The van der Waals surface area contributed by atoms with Crippen LogP contribution in [0, 0.1) is 0 Å². The maximum absolute atomic E-state index is 12.1. The van der Waals surface area contributed by atoms with Gasteiger partial charge in [-0.05, 0) is 52.2 Å². The van der Waals surface area contributed by atoms with Crippen LogP contribution in [0.15, 0.2) is 70.2 Å². The summed E-state index contributed by atoms with van der Waals surface area (Å²) in [6.45, 7) is 0. The highest BCUT2D eigenvalue weighted by Gasteiger charge is 2.08. The van der Waals surface area contributed by atoms with Gasteiger partial charge in [-0.3, -0.25) is 4.79 Å². The highest BCUT2D eigenvalue weighted by atomic mass is 79.9. The van der Waals surface area contributed by atoms with Crippen molar-refractivity contribution in [2.75, 3.05) is 0 Å². The number of benzene rings is 3. The number of carbonyl (C=O) groups is 1. The van der Waals surface area contributed by atoms with Crippen LogP contribution >= 0.6 is 15.9 Å². The van der Waals surface area contributed by atoms with Crippen molar-refractivity contribution in [1.29, 1.82) is 0 Å². The van der Waals surface area contributed by atoms with Crippen molar-refractivity contribution in [2.24, 2.45) is 5.10 Å². The molecule has 24 heavy (non-hydrogen) atoms. The third-order valence-electron chi connectivity index (χ3n) is 3.61. The summed E-state index contributed by atoms with van der Waals surface area (Å²) in [5.74, 6) is 0.0100. The number of hydrogen-bond donors (Lipinski definition) is 2. The molecule has 0 bridgehead atoms. The Bertz CT molecular complexity index is 905. The Morgan fingerprint density at radius 1 is 1.04 bits per heavy atom. The molecule has 0 aliphatic carbocycles. The number of amides is 1. The van der Waals surface area contributed by atoms with E-state index in [4.69, 9.17) is 0 Å². The monoisotopic (exact) mass is 382 g/mol. The highest BCUT2D eigenvalue weighted by Crippen LogP contribution is 2.27. The van der Waals surface area contributed by atoms with Crippen LogP contribution < -0.4 is 5.43 Å². The van der Waals surface area contributed by atoms with Gasteiger partial charge in [0.1, 0.15) is 5.75 Å². The summed E-state index contributed by atoms with van der Waals surface area (Å²) in [5, 5.41) is 15.3. The van der Waals surface area contributed by atoms with Gasteiger partial charge in [0.15, 0.2) is 0 Å². The van der Waals surface area contributed by atoms with E-state index >= 15 is 0 Å². The lowest BCUT2D eigenvalue weighted by Gasteiger charge is -2.07. The van der Waals surface area contributed by atoms with Gasteiger partial charge in [-0.2, -0.15) is 5.10 Å². The van der Waals surface area contributed by atoms with Crippen LogP contribution in [0.5, 0.6) is 5.75 Å². The average Bonchev–Trinajstić information content (AvgIpc) is 2.59. The Kier molecular flexibility index (Phi) is 4.91. The minimum atomic E-state index is -0.183. The minimum Gasteiger partial charge on any atom is -0.508 e. The summed E-state index contributed by atoms with van der Waals surface area (Å²) in [6, 6.07) is 18.4. The summed E-state index contributed by atoms with van der Waals surface area (Å²) >= 11 is 3.53. The molecule has 2 N–H and O–H groups in total. The molecule has 3 aromatic rings. The van der Waals surface area contributed by atoms with Gasteiger partial charge in [0.2, 0.25) is 5.91 Å². The Balaban J connectivity index is 1.69. The SMILES string of the molecule is O=C(Cc1ccc(Br)c2ccccc12)N/N=C/c1ccc(O)cc1. The summed E-state index contributed by atoms with van der Waals surface area (Å²) in [5.41, 5.74) is 4.27. The van der Waals surface area contributed by atoms with Gasteiger partial charge in [0.25, 0.3) is 0 Å². The number of nitrogens with zero attached hydrogens (tertiary/aromatic N) is 1. The molecule has 0 radical (unpaired) electrons. The van der Waals surface area contributed by atoms with Gasteiger partial charge >= 0.3 is 0 Å². The number of fused-ring (bicyclic) bond motifs is 1. The van der Waals surface area contributed by atoms with Crippen molar-refractivity contribution in [2.45, 2.75) is 6.42 Å². The van der Waals surface area contributed by atoms with Crippen LogP contribution in [0.1, 0.15) is 11.1 Å². The third kappa shape index (κ3) is 3.81. The molecule has 0 fully saturated rings. The van der Waals surface area contributed by atoms with Crippen molar-refractivity contribution >= 4 is 38.8 Å². The maximum atomic E-state index is 12.1. The number of hydrazone groups is 1. The third-order valence-corrected chi connectivity index (χ3v) is 4.30. The van der Waals surface area contributed by atoms with E-state index in [-0.39, 0.29) is 18.1 Å². The molecule has 0 aromatic heterocycles. The summed E-state index contributed by atoms with van der Waals surface area (Å²) in [7, 11) is 0. The van der Waals surface area contributed by atoms with E-state index in [1.807, 2.05) is 36.4 Å². The van der Waals surface area contributed by atoms with Crippen LogP contribution in [0.2, 0.25) is 0 Å². The molecule has 3 rings (SSSR count). The van der Waals surface area contributed by atoms with Crippen molar-refractivity contribution in [3.05, 3.63) is 76.3 Å². The predicted molar refractivity (Wildman–Crippen MR) is 99.2 cm³/mol. The Morgan fingerprint density at radius 3 is 2.50 bits per heavy atom. The van der Waals surface area contributed by atoms with Crippen LogP contribution in [0.25, 0.3) is 10.8 Å². The van der Waals surface area contributed by atoms with E-state index in [2.05, 4.69) is 26.5 Å². The second kappa shape index (κ2) is 7.27. The molecule has 3 aromatic carbocycles. The first-order valence-electron chi connectivity index (χ1n) is 7.40. The molecule has 4 nitrogen and oxygen atoms in total. The van der Waals surface area contributed by atoms with Gasteiger partial charge in [-0.1, -0.05) is 46.3 Å². The van der Waals surface area contributed by atoms with Crippen molar-refractivity contribution in [3.63, 3.8) is 0 Å². The minimum absolute atomic E-state index is 0.183. The fraction of sp³-hybridized carbons (Fsp3) is 0.0526. The zero-order valence-electron chi connectivity index (χ0n) is 12.7. The molecule has 0 saturated carbocycles. The molecule has 0 spiro atoms. The number of halogens is 1. The largest absolute Gasteiger partial charge is 0.508 e. The average molecular weight is 383 g/mol. The number of carbonyl (C=O) groups excluding carboxylic acids is 1. The number of rotatable bonds is 4. The lowest BCUT2D eigenvalue weighted by Crippen LogP contribution is -2.19. The fourth-order valence-electron chi connectivity index (χ4n) is 2.43. The fourth-order valence-corrected chi connectivity index (χ4v) is 2.91. The smallest absolute Gasteiger partial charge is 0.244 e. The van der Waals surface area contributed by atoms with E-state index in [9.17, 15) is 9.90 Å².